The zero-order chi connectivity index (χ0) is 17.9. The molecule has 1 amide bonds. The Balaban J connectivity index is 0.00000210. The van der Waals surface area contributed by atoms with Gasteiger partial charge in [0.15, 0.2) is 0 Å². The van der Waals surface area contributed by atoms with Crippen molar-refractivity contribution >= 4 is 35.3 Å². The van der Waals surface area contributed by atoms with Gasteiger partial charge in [-0.3, -0.25) is 9.69 Å². The fraction of sp³-hybridized carbons (Fsp3) is 0.278. The number of piperazine rings is 1. The topological polar surface area (TPSA) is 88.5 Å². The van der Waals surface area contributed by atoms with E-state index in [9.17, 15) is 4.79 Å². The van der Waals surface area contributed by atoms with Crippen molar-refractivity contribution in [1.82, 2.24) is 19.9 Å². The first-order valence-electron chi connectivity index (χ1n) is 8.43. The summed E-state index contributed by atoms with van der Waals surface area (Å²) in [5, 5.41) is 6.03. The van der Waals surface area contributed by atoms with Crippen LogP contribution in [0, 0.1) is 0 Å². The third kappa shape index (κ3) is 4.47. The average molecular weight is 406 g/mol. The summed E-state index contributed by atoms with van der Waals surface area (Å²) in [6.45, 7) is 3.50. The van der Waals surface area contributed by atoms with Gasteiger partial charge in [-0.15, -0.1) is 23.7 Å². The summed E-state index contributed by atoms with van der Waals surface area (Å²) in [6.07, 6.45) is 0. The fourth-order valence-corrected chi connectivity index (χ4v) is 3.58. The third-order valence-corrected chi connectivity index (χ3v) is 5.25. The molecule has 27 heavy (non-hydrogen) atoms. The van der Waals surface area contributed by atoms with Crippen LogP contribution >= 0.6 is 23.7 Å². The number of carbonyl (C=O) groups excluding carboxylic acids is 1. The number of nitrogens with two attached hydrogens (primary N) is 1. The maximum absolute atomic E-state index is 12.5. The minimum absolute atomic E-state index is 0. The zero-order valence-corrected chi connectivity index (χ0v) is 16.2. The Bertz CT molecular complexity index is 874. The van der Waals surface area contributed by atoms with Crippen LogP contribution in [0.5, 0.6) is 0 Å². The van der Waals surface area contributed by atoms with Crippen LogP contribution in [0.15, 0.2) is 46.3 Å². The average Bonchev–Trinajstić information content (AvgIpc) is 3.34. The number of hydrogen-bond donors (Lipinski definition) is 1. The lowest BCUT2D eigenvalue weighted by Crippen LogP contribution is -2.48. The quantitative estimate of drug-likeness (QED) is 0.671. The molecule has 0 bridgehead atoms. The Morgan fingerprint density at radius 3 is 2.56 bits per heavy atom. The molecule has 2 aromatic heterocycles. The van der Waals surface area contributed by atoms with Crippen LogP contribution in [0.4, 0.5) is 5.69 Å². The maximum atomic E-state index is 12.5. The van der Waals surface area contributed by atoms with Crippen LogP contribution in [-0.4, -0.2) is 52.0 Å². The number of thiophene rings is 1. The molecule has 3 heterocycles. The van der Waals surface area contributed by atoms with E-state index in [4.69, 9.17) is 10.3 Å². The van der Waals surface area contributed by atoms with Gasteiger partial charge in [-0.2, -0.15) is 4.98 Å². The van der Waals surface area contributed by atoms with Gasteiger partial charge in [0.25, 0.3) is 5.91 Å². The summed E-state index contributed by atoms with van der Waals surface area (Å²) in [4.78, 5) is 22.1. The SMILES string of the molecule is Cl.Nc1ccc(C(=O)N2CCN(Cc3nc(-c4cccs4)no3)CC2)cc1. The largest absolute Gasteiger partial charge is 0.399 e. The Kier molecular flexibility index (Phi) is 6.10. The summed E-state index contributed by atoms with van der Waals surface area (Å²) in [5.74, 6) is 1.28. The van der Waals surface area contributed by atoms with Gasteiger partial charge in [0.05, 0.1) is 11.4 Å². The lowest BCUT2D eigenvalue weighted by Gasteiger charge is -2.34. The molecule has 0 unspecified atom stereocenters. The van der Waals surface area contributed by atoms with E-state index >= 15 is 0 Å². The van der Waals surface area contributed by atoms with E-state index in [1.165, 1.54) is 0 Å². The number of anilines is 1. The number of nitrogen functional groups attached to an aromatic ring is 1. The van der Waals surface area contributed by atoms with Crippen molar-refractivity contribution in [3.63, 3.8) is 0 Å². The van der Waals surface area contributed by atoms with E-state index in [2.05, 4.69) is 15.0 Å². The summed E-state index contributed by atoms with van der Waals surface area (Å²) < 4.78 is 5.36. The first-order chi connectivity index (χ1) is 12.7. The lowest BCUT2D eigenvalue weighted by atomic mass is 10.1. The Hall–Kier alpha value is -2.42. The van der Waals surface area contributed by atoms with Crippen LogP contribution in [0.3, 0.4) is 0 Å². The van der Waals surface area contributed by atoms with Gasteiger partial charge >= 0.3 is 0 Å². The van der Waals surface area contributed by atoms with Crippen molar-refractivity contribution in [2.45, 2.75) is 6.54 Å². The highest BCUT2D eigenvalue weighted by Gasteiger charge is 2.23. The number of rotatable bonds is 4. The van der Waals surface area contributed by atoms with Crippen LogP contribution in [0.1, 0.15) is 16.2 Å². The molecule has 9 heteroatoms. The zero-order valence-electron chi connectivity index (χ0n) is 14.6. The van der Waals surface area contributed by atoms with Gasteiger partial charge in [-0.05, 0) is 35.7 Å². The minimum atomic E-state index is 0. The van der Waals surface area contributed by atoms with Crippen molar-refractivity contribution in [3.05, 3.63) is 53.2 Å². The Labute approximate surface area is 167 Å². The number of benzene rings is 1. The smallest absolute Gasteiger partial charge is 0.253 e. The number of carbonyl (C=O) groups is 1. The van der Waals surface area contributed by atoms with E-state index in [0.717, 1.165) is 18.0 Å². The van der Waals surface area contributed by atoms with Crippen molar-refractivity contribution in [1.29, 1.82) is 0 Å². The van der Waals surface area contributed by atoms with Crippen LogP contribution < -0.4 is 5.73 Å². The molecule has 2 N–H and O–H groups in total. The highest BCUT2D eigenvalue weighted by Crippen LogP contribution is 2.21. The molecule has 0 spiro atoms. The predicted molar refractivity (Wildman–Crippen MR) is 107 cm³/mol. The van der Waals surface area contributed by atoms with E-state index in [1.54, 1.807) is 35.6 Å². The first kappa shape index (κ1) is 19.3. The molecule has 0 aliphatic carbocycles. The molecule has 1 fully saturated rings. The second-order valence-electron chi connectivity index (χ2n) is 6.18. The minimum Gasteiger partial charge on any atom is -0.399 e. The molecule has 0 saturated carbocycles. The van der Waals surface area contributed by atoms with Gasteiger partial charge in [0.2, 0.25) is 11.7 Å². The number of halogens is 1. The number of nitrogens with zero attached hydrogens (tertiary/aromatic N) is 4. The fourth-order valence-electron chi connectivity index (χ4n) is 2.93. The second kappa shape index (κ2) is 8.51. The molecular weight excluding hydrogens is 386 g/mol. The van der Waals surface area contributed by atoms with E-state index in [-0.39, 0.29) is 18.3 Å². The monoisotopic (exact) mass is 405 g/mol. The molecule has 0 radical (unpaired) electrons. The van der Waals surface area contributed by atoms with E-state index in [0.29, 0.717) is 42.6 Å². The number of aromatic nitrogens is 2. The molecule has 1 aliphatic rings. The van der Waals surface area contributed by atoms with Crippen molar-refractivity contribution in [3.8, 4) is 10.7 Å². The van der Waals surface area contributed by atoms with E-state index in [1.807, 2.05) is 22.4 Å². The van der Waals surface area contributed by atoms with Crippen LogP contribution in [-0.2, 0) is 6.54 Å². The molecule has 7 nitrogen and oxygen atoms in total. The van der Waals surface area contributed by atoms with E-state index < -0.39 is 0 Å². The molecule has 1 saturated heterocycles. The maximum Gasteiger partial charge on any atom is 0.253 e. The normalized spacial score (nSPS) is 14.7. The van der Waals surface area contributed by atoms with Crippen molar-refractivity contribution in [2.24, 2.45) is 0 Å². The highest BCUT2D eigenvalue weighted by molar-refractivity contribution is 7.13. The van der Waals surface area contributed by atoms with Crippen molar-refractivity contribution < 1.29 is 9.32 Å². The summed E-state index contributed by atoms with van der Waals surface area (Å²) in [5.41, 5.74) is 7.01. The Morgan fingerprint density at radius 2 is 1.89 bits per heavy atom. The summed E-state index contributed by atoms with van der Waals surface area (Å²) in [6, 6.07) is 11.0. The molecular formula is C18H20ClN5O2S. The molecule has 4 rings (SSSR count). The standard InChI is InChI=1S/C18H19N5O2S.ClH/c19-14-5-3-13(4-6-14)18(24)23-9-7-22(8-10-23)12-16-20-17(21-25-16)15-2-1-11-26-15;/h1-6,11H,7-10,12,19H2;1H. The lowest BCUT2D eigenvalue weighted by molar-refractivity contribution is 0.0615. The molecule has 3 aromatic rings. The first-order valence-corrected chi connectivity index (χ1v) is 9.30. The van der Waals surface area contributed by atoms with Gasteiger partial charge in [0, 0.05) is 37.4 Å². The van der Waals surface area contributed by atoms with Gasteiger partial charge in [0.1, 0.15) is 0 Å². The molecule has 0 atom stereocenters. The number of amides is 1. The second-order valence-corrected chi connectivity index (χ2v) is 7.13. The predicted octanol–water partition coefficient (Wildman–Crippen LogP) is 2.76. The third-order valence-electron chi connectivity index (χ3n) is 4.39. The Morgan fingerprint density at radius 1 is 1.15 bits per heavy atom. The van der Waals surface area contributed by atoms with Gasteiger partial charge < -0.3 is 15.2 Å². The highest BCUT2D eigenvalue weighted by atomic mass is 35.5. The number of hydrogen-bond acceptors (Lipinski definition) is 7. The summed E-state index contributed by atoms with van der Waals surface area (Å²) >= 11 is 1.59. The molecule has 1 aromatic carbocycles. The molecule has 1 aliphatic heterocycles. The van der Waals surface area contributed by atoms with Crippen LogP contribution in [0.2, 0.25) is 0 Å². The molecule has 142 valence electrons. The van der Waals surface area contributed by atoms with Gasteiger partial charge in [-0.25, -0.2) is 0 Å². The van der Waals surface area contributed by atoms with Crippen molar-refractivity contribution in [2.75, 3.05) is 31.9 Å². The summed E-state index contributed by atoms with van der Waals surface area (Å²) in [7, 11) is 0. The van der Waals surface area contributed by atoms with Gasteiger partial charge in [-0.1, -0.05) is 11.2 Å². The van der Waals surface area contributed by atoms with Crippen LogP contribution in [0.25, 0.3) is 10.7 Å².